The van der Waals surface area contributed by atoms with Gasteiger partial charge in [-0.1, -0.05) is 37.3 Å². The van der Waals surface area contributed by atoms with Gasteiger partial charge in [0.2, 0.25) is 0 Å². The first kappa shape index (κ1) is 20.3. The average molecular weight is 405 g/mol. The fourth-order valence-corrected chi connectivity index (χ4v) is 4.16. The van der Waals surface area contributed by atoms with Crippen molar-refractivity contribution in [3.63, 3.8) is 0 Å². The molecule has 1 amide bonds. The molecule has 1 aliphatic heterocycles. The zero-order chi connectivity index (χ0) is 21.1. The number of hydrogen-bond donors (Lipinski definition) is 1. The highest BCUT2D eigenvalue weighted by molar-refractivity contribution is 5.93. The highest BCUT2D eigenvalue weighted by atomic mass is 16.2. The number of nitrogens with zero attached hydrogens (tertiary/aromatic N) is 3. The van der Waals surface area contributed by atoms with Gasteiger partial charge in [-0.2, -0.15) is 0 Å². The van der Waals surface area contributed by atoms with Crippen molar-refractivity contribution in [3.8, 4) is 0 Å². The molecule has 0 aliphatic carbocycles. The molecule has 4 rings (SSSR count). The fraction of sp³-hybridized carbons (Fsp3) is 0.375. The van der Waals surface area contributed by atoms with E-state index in [1.807, 2.05) is 31.2 Å². The number of piperidine rings is 1. The Labute approximate surface area is 176 Å². The van der Waals surface area contributed by atoms with Crippen LogP contribution < -0.4 is 10.9 Å². The number of nitrogens with one attached hydrogen (secondary N) is 1. The van der Waals surface area contributed by atoms with Crippen molar-refractivity contribution in [1.82, 2.24) is 19.6 Å². The molecule has 1 aliphatic rings. The van der Waals surface area contributed by atoms with Crippen LogP contribution in [0.15, 0.2) is 53.6 Å². The van der Waals surface area contributed by atoms with E-state index in [1.165, 1.54) is 29.0 Å². The minimum atomic E-state index is -0.398. The lowest BCUT2D eigenvalue weighted by atomic mass is 9.99. The number of carbonyl (C=O) groups is 1. The van der Waals surface area contributed by atoms with Crippen LogP contribution in [-0.2, 0) is 13.1 Å². The fourth-order valence-electron chi connectivity index (χ4n) is 4.16. The highest BCUT2D eigenvalue weighted by Crippen LogP contribution is 2.19. The molecule has 1 saturated heterocycles. The zero-order valence-electron chi connectivity index (χ0n) is 17.6. The van der Waals surface area contributed by atoms with Gasteiger partial charge < -0.3 is 5.32 Å². The molecule has 6 heteroatoms. The van der Waals surface area contributed by atoms with Crippen molar-refractivity contribution in [2.24, 2.45) is 5.92 Å². The number of pyridine rings is 1. The van der Waals surface area contributed by atoms with E-state index in [0.29, 0.717) is 12.2 Å². The van der Waals surface area contributed by atoms with Crippen LogP contribution in [0.5, 0.6) is 0 Å². The Kier molecular flexibility index (Phi) is 5.95. The van der Waals surface area contributed by atoms with Crippen LogP contribution in [0.2, 0.25) is 0 Å². The molecule has 30 heavy (non-hydrogen) atoms. The SMILES string of the molecule is Cc1ccc2ncc(C(=O)NCc3ccccc3CN3CCC[C@H](C)C3)c(=O)n2c1. The Hall–Kier alpha value is -2.99. The standard InChI is InChI=1S/C24H28N4O2/c1-17-6-5-11-27(14-17)16-20-8-4-3-7-19(20)12-26-23(29)21-13-25-22-10-9-18(2)15-28(22)24(21)30/h3-4,7-10,13,15,17H,5-6,11-12,14,16H2,1-2H3,(H,26,29)/t17-/m0/s1. The summed E-state index contributed by atoms with van der Waals surface area (Å²) in [4.78, 5) is 32.2. The molecule has 156 valence electrons. The third kappa shape index (κ3) is 4.44. The number of carbonyl (C=O) groups excluding carboxylic acids is 1. The summed E-state index contributed by atoms with van der Waals surface area (Å²) >= 11 is 0. The molecule has 1 aromatic carbocycles. The first-order valence-electron chi connectivity index (χ1n) is 10.6. The number of aryl methyl sites for hydroxylation is 1. The monoisotopic (exact) mass is 404 g/mol. The molecule has 6 nitrogen and oxygen atoms in total. The van der Waals surface area contributed by atoms with Crippen LogP contribution >= 0.6 is 0 Å². The van der Waals surface area contributed by atoms with Crippen molar-refractivity contribution in [1.29, 1.82) is 0 Å². The number of aromatic nitrogens is 2. The van der Waals surface area contributed by atoms with Crippen molar-refractivity contribution in [2.45, 2.75) is 39.8 Å². The van der Waals surface area contributed by atoms with E-state index in [4.69, 9.17) is 0 Å². The molecular formula is C24H28N4O2. The van der Waals surface area contributed by atoms with E-state index >= 15 is 0 Å². The second-order valence-electron chi connectivity index (χ2n) is 8.35. The van der Waals surface area contributed by atoms with Gasteiger partial charge >= 0.3 is 0 Å². The molecule has 0 spiro atoms. The van der Waals surface area contributed by atoms with Crippen LogP contribution in [0, 0.1) is 12.8 Å². The molecule has 0 saturated carbocycles. The lowest BCUT2D eigenvalue weighted by Gasteiger charge is -2.31. The maximum absolute atomic E-state index is 12.7. The minimum Gasteiger partial charge on any atom is -0.348 e. The van der Waals surface area contributed by atoms with Gasteiger partial charge in [-0.3, -0.25) is 18.9 Å². The van der Waals surface area contributed by atoms with Gasteiger partial charge in [-0.05, 0) is 55.0 Å². The molecular weight excluding hydrogens is 376 g/mol. The lowest BCUT2D eigenvalue weighted by Crippen LogP contribution is -2.34. The third-order valence-electron chi connectivity index (χ3n) is 5.79. The summed E-state index contributed by atoms with van der Waals surface area (Å²) in [6.07, 6.45) is 5.60. The van der Waals surface area contributed by atoms with Crippen LogP contribution in [-0.4, -0.2) is 33.3 Å². The largest absolute Gasteiger partial charge is 0.348 e. The number of amides is 1. The molecule has 2 aromatic heterocycles. The van der Waals surface area contributed by atoms with Gasteiger partial charge in [0.25, 0.3) is 11.5 Å². The van der Waals surface area contributed by atoms with Crippen LogP contribution in [0.4, 0.5) is 0 Å². The van der Waals surface area contributed by atoms with Crippen molar-refractivity contribution >= 4 is 11.6 Å². The Morgan fingerprint density at radius 1 is 1.20 bits per heavy atom. The number of rotatable bonds is 5. The second kappa shape index (κ2) is 8.79. The molecule has 3 aromatic rings. The van der Waals surface area contributed by atoms with Gasteiger partial charge in [-0.15, -0.1) is 0 Å². The van der Waals surface area contributed by atoms with Crippen molar-refractivity contribution in [2.75, 3.05) is 13.1 Å². The third-order valence-corrected chi connectivity index (χ3v) is 5.79. The van der Waals surface area contributed by atoms with Crippen molar-refractivity contribution < 1.29 is 4.79 Å². The minimum absolute atomic E-state index is 0.0560. The van der Waals surface area contributed by atoms with E-state index in [0.717, 1.165) is 36.7 Å². The highest BCUT2D eigenvalue weighted by Gasteiger charge is 2.18. The molecule has 0 radical (unpaired) electrons. The zero-order valence-corrected chi connectivity index (χ0v) is 17.6. The summed E-state index contributed by atoms with van der Waals surface area (Å²) in [5.41, 5.74) is 3.47. The molecule has 0 bridgehead atoms. The first-order valence-corrected chi connectivity index (χ1v) is 10.6. The molecule has 1 fully saturated rings. The van der Waals surface area contributed by atoms with E-state index in [-0.39, 0.29) is 11.1 Å². The molecule has 0 unspecified atom stereocenters. The molecule has 3 heterocycles. The van der Waals surface area contributed by atoms with Crippen molar-refractivity contribution in [3.05, 3.63) is 81.4 Å². The summed E-state index contributed by atoms with van der Waals surface area (Å²) < 4.78 is 1.43. The summed E-state index contributed by atoms with van der Waals surface area (Å²) in [5.74, 6) is 0.326. The number of hydrogen-bond acceptors (Lipinski definition) is 4. The molecule has 1 N–H and O–H groups in total. The van der Waals surface area contributed by atoms with Gasteiger partial charge in [0, 0.05) is 32.0 Å². The number of fused-ring (bicyclic) bond motifs is 1. The van der Waals surface area contributed by atoms with Gasteiger partial charge in [0.15, 0.2) is 0 Å². The average Bonchev–Trinajstić information content (AvgIpc) is 2.74. The summed E-state index contributed by atoms with van der Waals surface area (Å²) in [6, 6.07) is 11.8. The van der Waals surface area contributed by atoms with E-state index in [2.05, 4.69) is 28.2 Å². The number of likely N-dealkylation sites (tertiary alicyclic amines) is 1. The Bertz CT molecular complexity index is 1120. The van der Waals surface area contributed by atoms with Gasteiger partial charge in [0.05, 0.1) is 0 Å². The Balaban J connectivity index is 1.49. The maximum atomic E-state index is 12.7. The van der Waals surface area contributed by atoms with Crippen LogP contribution in [0.3, 0.4) is 0 Å². The summed E-state index contributed by atoms with van der Waals surface area (Å²) in [5, 5.41) is 2.91. The first-order chi connectivity index (χ1) is 14.5. The second-order valence-corrected chi connectivity index (χ2v) is 8.35. The van der Waals surface area contributed by atoms with Crippen LogP contribution in [0.1, 0.15) is 46.8 Å². The Morgan fingerprint density at radius 2 is 2.00 bits per heavy atom. The molecule has 1 atom stereocenters. The smallest absolute Gasteiger partial charge is 0.270 e. The lowest BCUT2D eigenvalue weighted by molar-refractivity contribution is 0.0948. The van der Waals surface area contributed by atoms with E-state index < -0.39 is 5.91 Å². The topological polar surface area (TPSA) is 66.7 Å². The quantitative estimate of drug-likeness (QED) is 0.709. The normalized spacial score (nSPS) is 17.2. The van der Waals surface area contributed by atoms with Crippen LogP contribution in [0.25, 0.3) is 5.65 Å². The summed E-state index contributed by atoms with van der Waals surface area (Å²) in [6.45, 7) is 7.70. The number of benzene rings is 1. The summed E-state index contributed by atoms with van der Waals surface area (Å²) in [7, 11) is 0. The van der Waals surface area contributed by atoms with Gasteiger partial charge in [0.1, 0.15) is 11.2 Å². The van der Waals surface area contributed by atoms with E-state index in [9.17, 15) is 9.59 Å². The predicted molar refractivity (Wildman–Crippen MR) is 117 cm³/mol. The van der Waals surface area contributed by atoms with Gasteiger partial charge in [-0.25, -0.2) is 4.98 Å². The predicted octanol–water partition coefficient (Wildman–Crippen LogP) is 3.16. The Morgan fingerprint density at radius 3 is 2.80 bits per heavy atom. The van der Waals surface area contributed by atoms with E-state index in [1.54, 1.807) is 12.3 Å². The maximum Gasteiger partial charge on any atom is 0.270 e.